The fourth-order valence-corrected chi connectivity index (χ4v) is 3.51. The van der Waals surface area contributed by atoms with E-state index >= 15 is 0 Å². The van der Waals surface area contributed by atoms with E-state index in [1.54, 1.807) is 0 Å². The Balaban J connectivity index is 1.41. The van der Waals surface area contributed by atoms with Crippen molar-refractivity contribution in [2.45, 2.75) is 25.8 Å². The van der Waals surface area contributed by atoms with E-state index < -0.39 is 0 Å². The highest BCUT2D eigenvalue weighted by Crippen LogP contribution is 2.23. The van der Waals surface area contributed by atoms with Gasteiger partial charge in [0.15, 0.2) is 5.89 Å². The number of aryl methyl sites for hydroxylation is 2. The SMILES string of the molecule is CN(C)c1ccc(C(=O)N2CCc3oc(CCc4ccccc4)nc3C2)cc1. The molecule has 28 heavy (non-hydrogen) atoms. The molecule has 0 aliphatic carbocycles. The molecule has 1 aliphatic rings. The summed E-state index contributed by atoms with van der Waals surface area (Å²) in [4.78, 5) is 21.4. The minimum atomic E-state index is 0.0461. The molecular formula is C23H25N3O2. The van der Waals surface area contributed by atoms with Gasteiger partial charge in [-0.25, -0.2) is 4.98 Å². The lowest BCUT2D eigenvalue weighted by Gasteiger charge is -2.25. The first-order valence-corrected chi connectivity index (χ1v) is 9.68. The summed E-state index contributed by atoms with van der Waals surface area (Å²) in [5, 5.41) is 0. The van der Waals surface area contributed by atoms with Gasteiger partial charge in [0.25, 0.3) is 5.91 Å². The second-order valence-corrected chi connectivity index (χ2v) is 7.38. The summed E-state index contributed by atoms with van der Waals surface area (Å²) in [5.41, 5.74) is 3.96. The molecule has 0 spiro atoms. The van der Waals surface area contributed by atoms with Gasteiger partial charge in [0.05, 0.1) is 6.54 Å². The molecule has 0 N–H and O–H groups in total. The third-order valence-electron chi connectivity index (χ3n) is 5.16. The molecule has 0 saturated carbocycles. The molecule has 0 fully saturated rings. The van der Waals surface area contributed by atoms with Crippen LogP contribution in [0.15, 0.2) is 59.0 Å². The number of carbonyl (C=O) groups is 1. The molecule has 144 valence electrons. The van der Waals surface area contributed by atoms with Crippen LogP contribution in [0.4, 0.5) is 5.69 Å². The van der Waals surface area contributed by atoms with Gasteiger partial charge < -0.3 is 14.2 Å². The summed E-state index contributed by atoms with van der Waals surface area (Å²) in [6.45, 7) is 1.17. The quantitative estimate of drug-likeness (QED) is 0.682. The monoisotopic (exact) mass is 375 g/mol. The van der Waals surface area contributed by atoms with Crippen LogP contribution in [-0.4, -0.2) is 36.4 Å². The number of amides is 1. The predicted molar refractivity (Wildman–Crippen MR) is 110 cm³/mol. The summed E-state index contributed by atoms with van der Waals surface area (Å²) >= 11 is 0. The standard InChI is InChI=1S/C23H25N3O2/c1-25(2)19-11-9-18(10-12-19)23(27)26-15-14-21-20(16-26)24-22(28-21)13-8-17-6-4-3-5-7-17/h3-7,9-12H,8,13-16H2,1-2H3. The van der Waals surface area contributed by atoms with E-state index in [2.05, 4.69) is 17.1 Å². The number of rotatable bonds is 5. The summed E-state index contributed by atoms with van der Waals surface area (Å²) in [6, 6.07) is 18.1. The van der Waals surface area contributed by atoms with Crippen molar-refractivity contribution in [3.8, 4) is 0 Å². The molecule has 2 aromatic carbocycles. The minimum Gasteiger partial charge on any atom is -0.445 e. The van der Waals surface area contributed by atoms with Crippen LogP contribution in [0, 0.1) is 0 Å². The van der Waals surface area contributed by atoms with Gasteiger partial charge in [-0.2, -0.15) is 0 Å². The maximum atomic E-state index is 12.9. The molecule has 2 heterocycles. The molecule has 0 radical (unpaired) electrons. The number of carbonyl (C=O) groups excluding carboxylic acids is 1. The van der Waals surface area contributed by atoms with Crippen LogP contribution in [0.1, 0.15) is 33.3 Å². The van der Waals surface area contributed by atoms with Crippen LogP contribution in [0.25, 0.3) is 0 Å². The van der Waals surface area contributed by atoms with Crippen molar-refractivity contribution in [3.63, 3.8) is 0 Å². The Labute approximate surface area is 165 Å². The number of hydrogen-bond acceptors (Lipinski definition) is 4. The number of hydrogen-bond donors (Lipinski definition) is 0. The van der Waals surface area contributed by atoms with Gasteiger partial charge >= 0.3 is 0 Å². The first kappa shape index (κ1) is 18.3. The maximum Gasteiger partial charge on any atom is 0.254 e. The maximum absolute atomic E-state index is 12.9. The number of anilines is 1. The minimum absolute atomic E-state index is 0.0461. The summed E-state index contributed by atoms with van der Waals surface area (Å²) in [5.74, 6) is 1.73. The number of benzene rings is 2. The summed E-state index contributed by atoms with van der Waals surface area (Å²) < 4.78 is 5.95. The zero-order valence-corrected chi connectivity index (χ0v) is 16.4. The molecule has 0 atom stereocenters. The number of nitrogens with zero attached hydrogens (tertiary/aromatic N) is 3. The normalized spacial score (nSPS) is 13.3. The number of oxazole rings is 1. The Bertz CT molecular complexity index is 946. The van der Waals surface area contributed by atoms with E-state index in [0.29, 0.717) is 18.7 Å². The molecule has 3 aromatic rings. The van der Waals surface area contributed by atoms with Gasteiger partial charge in [0.2, 0.25) is 0 Å². The summed E-state index contributed by atoms with van der Waals surface area (Å²) in [7, 11) is 3.98. The molecule has 5 heteroatoms. The largest absolute Gasteiger partial charge is 0.445 e. The van der Waals surface area contributed by atoms with E-state index in [1.807, 2.05) is 66.4 Å². The lowest BCUT2D eigenvalue weighted by molar-refractivity contribution is 0.0728. The molecule has 0 unspecified atom stereocenters. The molecular weight excluding hydrogens is 350 g/mol. The molecule has 4 rings (SSSR count). The fraction of sp³-hybridized carbons (Fsp3) is 0.304. The van der Waals surface area contributed by atoms with Crippen LogP contribution < -0.4 is 4.90 Å². The molecule has 0 saturated heterocycles. The third-order valence-corrected chi connectivity index (χ3v) is 5.16. The second kappa shape index (κ2) is 7.89. The van der Waals surface area contributed by atoms with Crippen LogP contribution >= 0.6 is 0 Å². The van der Waals surface area contributed by atoms with E-state index in [9.17, 15) is 4.79 Å². The van der Waals surface area contributed by atoms with Crippen molar-refractivity contribution in [3.05, 3.63) is 83.1 Å². The van der Waals surface area contributed by atoms with Crippen LogP contribution in [0.3, 0.4) is 0 Å². The first-order chi connectivity index (χ1) is 13.6. The van der Waals surface area contributed by atoms with Gasteiger partial charge in [-0.15, -0.1) is 0 Å². The highest BCUT2D eigenvalue weighted by Gasteiger charge is 2.26. The van der Waals surface area contributed by atoms with Crippen molar-refractivity contribution in [2.75, 3.05) is 25.5 Å². The van der Waals surface area contributed by atoms with Crippen molar-refractivity contribution in [1.82, 2.24) is 9.88 Å². The molecule has 0 bridgehead atoms. The lowest BCUT2D eigenvalue weighted by Crippen LogP contribution is -2.35. The highest BCUT2D eigenvalue weighted by atomic mass is 16.4. The fourth-order valence-electron chi connectivity index (χ4n) is 3.51. The van der Waals surface area contributed by atoms with Crippen LogP contribution in [0.2, 0.25) is 0 Å². The van der Waals surface area contributed by atoms with E-state index in [0.717, 1.165) is 42.3 Å². The highest BCUT2D eigenvalue weighted by molar-refractivity contribution is 5.94. The van der Waals surface area contributed by atoms with E-state index in [4.69, 9.17) is 4.42 Å². The van der Waals surface area contributed by atoms with Crippen molar-refractivity contribution in [1.29, 1.82) is 0 Å². The van der Waals surface area contributed by atoms with Crippen molar-refractivity contribution >= 4 is 11.6 Å². The third kappa shape index (κ3) is 3.93. The van der Waals surface area contributed by atoms with Crippen LogP contribution in [-0.2, 0) is 25.8 Å². The zero-order valence-electron chi connectivity index (χ0n) is 16.4. The molecule has 1 aliphatic heterocycles. The first-order valence-electron chi connectivity index (χ1n) is 9.68. The average molecular weight is 375 g/mol. The van der Waals surface area contributed by atoms with Crippen LogP contribution in [0.5, 0.6) is 0 Å². The van der Waals surface area contributed by atoms with Crippen molar-refractivity contribution in [2.24, 2.45) is 0 Å². The van der Waals surface area contributed by atoms with Gasteiger partial charge in [-0.3, -0.25) is 4.79 Å². The lowest BCUT2D eigenvalue weighted by atomic mass is 10.1. The molecule has 5 nitrogen and oxygen atoms in total. The Morgan fingerprint density at radius 2 is 1.82 bits per heavy atom. The number of fused-ring (bicyclic) bond motifs is 1. The Hall–Kier alpha value is -3.08. The Morgan fingerprint density at radius 3 is 2.54 bits per heavy atom. The predicted octanol–water partition coefficient (Wildman–Crippen LogP) is 3.72. The summed E-state index contributed by atoms with van der Waals surface area (Å²) in [6.07, 6.45) is 2.40. The van der Waals surface area contributed by atoms with Crippen molar-refractivity contribution < 1.29 is 9.21 Å². The van der Waals surface area contributed by atoms with Gasteiger partial charge in [0, 0.05) is 44.7 Å². The van der Waals surface area contributed by atoms with E-state index in [1.165, 1.54) is 5.56 Å². The van der Waals surface area contributed by atoms with E-state index in [-0.39, 0.29) is 5.91 Å². The number of aromatic nitrogens is 1. The van der Waals surface area contributed by atoms with Gasteiger partial charge in [-0.1, -0.05) is 30.3 Å². The van der Waals surface area contributed by atoms with Gasteiger partial charge in [-0.05, 0) is 36.2 Å². The Morgan fingerprint density at radius 1 is 1.07 bits per heavy atom. The van der Waals surface area contributed by atoms with Gasteiger partial charge in [0.1, 0.15) is 11.5 Å². The Kier molecular flexibility index (Phi) is 5.15. The smallest absolute Gasteiger partial charge is 0.254 e. The zero-order chi connectivity index (χ0) is 19.5. The average Bonchev–Trinajstić information content (AvgIpc) is 3.14. The second-order valence-electron chi connectivity index (χ2n) is 7.38. The molecule has 1 amide bonds. The molecule has 1 aromatic heterocycles. The topological polar surface area (TPSA) is 49.6 Å².